The molecule has 0 saturated heterocycles. The second-order valence-electron chi connectivity index (χ2n) is 5.00. The van der Waals surface area contributed by atoms with E-state index in [0.717, 1.165) is 9.88 Å². The fourth-order valence-corrected chi connectivity index (χ4v) is 3.15. The van der Waals surface area contributed by atoms with Crippen LogP contribution in [0, 0.1) is 6.92 Å². The van der Waals surface area contributed by atoms with E-state index in [2.05, 4.69) is 4.98 Å². The fraction of sp³-hybridized carbons (Fsp3) is 0.333. The van der Waals surface area contributed by atoms with Crippen LogP contribution in [0.2, 0.25) is 0 Å². The van der Waals surface area contributed by atoms with Crippen LogP contribution >= 0.6 is 11.3 Å². The number of carbonyl (C=O) groups is 1. The molecule has 0 saturated carbocycles. The molecule has 1 aliphatic rings. The van der Waals surface area contributed by atoms with Crippen molar-refractivity contribution < 1.29 is 18.3 Å². The van der Waals surface area contributed by atoms with Crippen molar-refractivity contribution in [2.24, 2.45) is 0 Å². The van der Waals surface area contributed by atoms with Crippen LogP contribution in [-0.4, -0.2) is 22.5 Å². The lowest BCUT2D eigenvalue weighted by Gasteiger charge is -2.35. The number of carbonyl (C=O) groups excluding carboxylic acids is 1. The summed E-state index contributed by atoms with van der Waals surface area (Å²) in [4.78, 5) is 17.3. The normalized spacial score (nSPS) is 16.2. The van der Waals surface area contributed by atoms with Crippen LogP contribution < -0.4 is 0 Å². The Hall–Kier alpha value is -2.02. The maximum Gasteiger partial charge on any atom is 0.415 e. The fourth-order valence-electron chi connectivity index (χ4n) is 2.44. The number of hydrogen-bond acceptors (Lipinski definition) is 4. The average Bonchev–Trinajstić information content (AvgIpc) is 2.90. The third kappa shape index (κ3) is 2.68. The van der Waals surface area contributed by atoms with Crippen molar-refractivity contribution in [3.8, 4) is 0 Å². The van der Waals surface area contributed by atoms with Crippen molar-refractivity contribution in [3.05, 3.63) is 51.5 Å². The Morgan fingerprint density at radius 2 is 2.23 bits per heavy atom. The number of hydrogen-bond donors (Lipinski definition) is 0. The molecule has 1 amide bonds. The molecule has 0 aliphatic carbocycles. The number of benzene rings is 1. The van der Waals surface area contributed by atoms with E-state index in [-0.39, 0.29) is 18.7 Å². The second kappa shape index (κ2) is 5.64. The number of ether oxygens (including phenoxy) is 1. The maximum atomic E-state index is 14.5. The van der Waals surface area contributed by atoms with E-state index in [1.165, 1.54) is 17.4 Å². The second-order valence-corrected chi connectivity index (χ2v) is 6.32. The van der Waals surface area contributed by atoms with E-state index in [0.29, 0.717) is 16.9 Å². The number of thiazole rings is 1. The lowest BCUT2D eigenvalue weighted by atomic mass is 9.98. The van der Waals surface area contributed by atoms with Gasteiger partial charge in [-0.15, -0.1) is 11.3 Å². The van der Waals surface area contributed by atoms with Gasteiger partial charge in [0.2, 0.25) is 0 Å². The van der Waals surface area contributed by atoms with Gasteiger partial charge in [0.25, 0.3) is 0 Å². The van der Waals surface area contributed by atoms with Crippen molar-refractivity contribution in [2.45, 2.75) is 26.0 Å². The zero-order valence-electron chi connectivity index (χ0n) is 11.9. The minimum absolute atomic E-state index is 0.0431. The third-order valence-corrected chi connectivity index (χ3v) is 4.40. The summed E-state index contributed by atoms with van der Waals surface area (Å²) < 4.78 is 33.9. The molecule has 0 fully saturated rings. The molecule has 0 bridgehead atoms. The van der Waals surface area contributed by atoms with Crippen LogP contribution in [-0.2, 0) is 23.8 Å². The molecule has 7 heteroatoms. The molecule has 0 unspecified atom stereocenters. The summed E-state index contributed by atoms with van der Waals surface area (Å²) in [6.45, 7) is 1.72. The van der Waals surface area contributed by atoms with E-state index >= 15 is 0 Å². The first-order valence-corrected chi connectivity index (χ1v) is 7.62. The van der Waals surface area contributed by atoms with Gasteiger partial charge in [-0.05, 0) is 18.9 Å². The Labute approximate surface area is 130 Å². The van der Waals surface area contributed by atoms with Gasteiger partial charge in [0.05, 0.1) is 9.88 Å². The predicted octanol–water partition coefficient (Wildman–Crippen LogP) is 3.70. The lowest BCUT2D eigenvalue weighted by Crippen LogP contribution is -2.48. The molecule has 4 nitrogen and oxygen atoms in total. The zero-order chi connectivity index (χ0) is 15.7. The van der Waals surface area contributed by atoms with Crippen LogP contribution in [0.15, 0.2) is 30.5 Å². The molecule has 2 aromatic rings. The van der Waals surface area contributed by atoms with Crippen LogP contribution in [0.4, 0.5) is 13.6 Å². The summed E-state index contributed by atoms with van der Waals surface area (Å²) in [7, 11) is 0. The van der Waals surface area contributed by atoms with Crippen molar-refractivity contribution in [3.63, 3.8) is 0 Å². The molecule has 1 aliphatic heterocycles. The molecule has 116 valence electrons. The number of aryl methyl sites for hydroxylation is 1. The van der Waals surface area contributed by atoms with Crippen LogP contribution in [0.5, 0.6) is 0 Å². The summed E-state index contributed by atoms with van der Waals surface area (Å²) in [5.74, 6) is 0. The van der Waals surface area contributed by atoms with Gasteiger partial charge in [0.15, 0.2) is 0 Å². The molecule has 0 radical (unpaired) electrons. The van der Waals surface area contributed by atoms with E-state index in [1.807, 2.05) is 6.92 Å². The van der Waals surface area contributed by atoms with E-state index < -0.39 is 12.1 Å². The minimum atomic E-state index is -3.35. The molecule has 2 heterocycles. The molecular weight excluding hydrogens is 310 g/mol. The van der Waals surface area contributed by atoms with Crippen LogP contribution in [0.1, 0.15) is 21.0 Å². The largest absolute Gasteiger partial charge is 0.443 e. The van der Waals surface area contributed by atoms with Crippen molar-refractivity contribution in [2.75, 3.05) is 6.54 Å². The van der Waals surface area contributed by atoms with Crippen molar-refractivity contribution in [1.29, 1.82) is 0 Å². The number of aromatic nitrogens is 1. The average molecular weight is 324 g/mol. The van der Waals surface area contributed by atoms with Gasteiger partial charge in [-0.3, -0.25) is 0 Å². The van der Waals surface area contributed by atoms with Gasteiger partial charge in [0, 0.05) is 18.3 Å². The van der Waals surface area contributed by atoms with Gasteiger partial charge < -0.3 is 4.74 Å². The van der Waals surface area contributed by atoms with Gasteiger partial charge in [0.1, 0.15) is 6.61 Å². The third-order valence-electron chi connectivity index (χ3n) is 3.51. The smallest absolute Gasteiger partial charge is 0.415 e. The SMILES string of the molecule is Cc1ncc(COC(=O)N2CCc3ccccc3C2(F)F)s1. The molecular formula is C15H14F2N2O2S. The van der Waals surface area contributed by atoms with Gasteiger partial charge in [-0.25, -0.2) is 14.7 Å². The van der Waals surface area contributed by atoms with Gasteiger partial charge in [-0.2, -0.15) is 8.78 Å². The molecule has 1 aromatic carbocycles. The topological polar surface area (TPSA) is 42.4 Å². The van der Waals surface area contributed by atoms with E-state index in [1.54, 1.807) is 24.4 Å². The van der Waals surface area contributed by atoms with Gasteiger partial charge >= 0.3 is 12.1 Å². The lowest BCUT2D eigenvalue weighted by molar-refractivity contribution is -0.146. The monoisotopic (exact) mass is 324 g/mol. The first-order valence-electron chi connectivity index (χ1n) is 6.80. The highest BCUT2D eigenvalue weighted by Gasteiger charge is 2.47. The van der Waals surface area contributed by atoms with Crippen LogP contribution in [0.3, 0.4) is 0 Å². The predicted molar refractivity (Wildman–Crippen MR) is 77.8 cm³/mol. The summed E-state index contributed by atoms with van der Waals surface area (Å²) >= 11 is 1.37. The van der Waals surface area contributed by atoms with Crippen molar-refractivity contribution >= 4 is 17.4 Å². The highest BCUT2D eigenvalue weighted by molar-refractivity contribution is 7.11. The number of amides is 1. The molecule has 0 N–H and O–H groups in total. The highest BCUT2D eigenvalue weighted by Crippen LogP contribution is 2.38. The maximum absolute atomic E-state index is 14.5. The van der Waals surface area contributed by atoms with Crippen molar-refractivity contribution in [1.82, 2.24) is 9.88 Å². The first kappa shape index (κ1) is 14.9. The van der Waals surface area contributed by atoms with Crippen LogP contribution in [0.25, 0.3) is 0 Å². The van der Waals surface area contributed by atoms with E-state index in [4.69, 9.17) is 4.74 Å². The number of rotatable bonds is 2. The Morgan fingerprint density at radius 1 is 1.45 bits per heavy atom. The number of alkyl halides is 2. The Kier molecular flexibility index (Phi) is 3.82. The Bertz CT molecular complexity index is 702. The summed E-state index contributed by atoms with van der Waals surface area (Å²) in [5, 5.41) is 0.836. The van der Waals surface area contributed by atoms with E-state index in [9.17, 15) is 13.6 Å². The number of nitrogens with zero attached hydrogens (tertiary/aromatic N) is 2. The first-order chi connectivity index (χ1) is 10.5. The zero-order valence-corrected chi connectivity index (χ0v) is 12.7. The Morgan fingerprint density at radius 3 is 2.95 bits per heavy atom. The molecule has 1 aromatic heterocycles. The summed E-state index contributed by atoms with van der Waals surface area (Å²) in [6.07, 6.45) is 0.961. The Balaban J connectivity index is 1.73. The summed E-state index contributed by atoms with van der Waals surface area (Å²) in [6, 6.07) is 2.92. The number of fused-ring (bicyclic) bond motifs is 1. The number of halogens is 2. The summed E-state index contributed by atoms with van der Waals surface area (Å²) in [5.41, 5.74) is 0.432. The standard InChI is InChI=1S/C15H14F2N2O2S/c1-10-18-8-12(22-10)9-21-14(20)19-7-6-11-4-2-3-5-13(11)15(19,16)17/h2-5,8H,6-7,9H2,1H3. The molecule has 22 heavy (non-hydrogen) atoms. The van der Waals surface area contributed by atoms with Gasteiger partial charge in [-0.1, -0.05) is 24.3 Å². The quantitative estimate of drug-likeness (QED) is 0.791. The molecule has 0 atom stereocenters. The highest BCUT2D eigenvalue weighted by atomic mass is 32.1. The molecule has 3 rings (SSSR count). The minimum Gasteiger partial charge on any atom is -0.443 e. The molecule has 0 spiro atoms.